The number of piperidine rings is 2. The van der Waals surface area contributed by atoms with Gasteiger partial charge in [-0.1, -0.05) is 132 Å². The third kappa shape index (κ3) is 14.2. The number of aromatic nitrogens is 4. The number of likely N-dealkylation sites (tertiary alicyclic amines) is 2. The highest BCUT2D eigenvalue weighted by molar-refractivity contribution is 6.83. The van der Waals surface area contributed by atoms with Gasteiger partial charge in [-0.25, -0.2) is 19.6 Å². The van der Waals surface area contributed by atoms with Crippen LogP contribution in [-0.4, -0.2) is 112 Å². The Balaban J connectivity index is 0.000000263. The fraction of sp³-hybridized carbons (Fsp3) is 0.613. The number of amides is 1. The van der Waals surface area contributed by atoms with Gasteiger partial charge in [-0.15, -0.1) is 0 Å². The molecule has 1 amide bonds. The Kier molecular flexibility index (Phi) is 23.6. The van der Waals surface area contributed by atoms with Crippen LogP contribution < -0.4 is 4.74 Å². The van der Waals surface area contributed by atoms with Crippen LogP contribution in [-0.2, 0) is 16.0 Å². The lowest BCUT2D eigenvalue weighted by Gasteiger charge is -2.44. The topological polar surface area (TPSA) is 138 Å². The molecule has 0 N–H and O–H groups in total. The van der Waals surface area contributed by atoms with Crippen LogP contribution in [0.3, 0.4) is 0 Å². The summed E-state index contributed by atoms with van der Waals surface area (Å²) in [4.78, 5) is 64.5. The molecule has 442 valence electrons. The van der Waals surface area contributed by atoms with Crippen LogP contribution in [0.5, 0.6) is 5.75 Å². The van der Waals surface area contributed by atoms with Gasteiger partial charge in [0.2, 0.25) is 0 Å². The number of carbonyl (C=O) groups excluding carboxylic acids is 4. The largest absolute Gasteiger partial charge is 0.497 e. The number of ketones is 2. The molecule has 0 radical (unpaired) electrons. The van der Waals surface area contributed by atoms with E-state index in [9.17, 15) is 19.2 Å². The minimum Gasteiger partial charge on any atom is -0.497 e. The van der Waals surface area contributed by atoms with Crippen LogP contribution in [0.2, 0.25) is 33.2 Å². The fourth-order valence-electron chi connectivity index (χ4n) is 14.2. The summed E-state index contributed by atoms with van der Waals surface area (Å²) >= 11 is 15.7. The van der Waals surface area contributed by atoms with Crippen molar-refractivity contribution in [2.45, 2.75) is 188 Å². The van der Waals surface area contributed by atoms with Gasteiger partial charge in [0, 0.05) is 83.9 Å². The van der Waals surface area contributed by atoms with E-state index in [-0.39, 0.29) is 29.3 Å². The number of hydrogen-bond donors (Lipinski definition) is 0. The van der Waals surface area contributed by atoms with Gasteiger partial charge in [0.05, 0.1) is 7.11 Å². The zero-order valence-electron chi connectivity index (χ0n) is 51.3. The van der Waals surface area contributed by atoms with Crippen molar-refractivity contribution in [3.63, 3.8) is 0 Å². The van der Waals surface area contributed by atoms with E-state index in [1.54, 1.807) is 18.9 Å². The quantitative estimate of drug-likeness (QED) is 0.0383. The smallest absolute Gasteiger partial charge is 0.411 e. The summed E-state index contributed by atoms with van der Waals surface area (Å²) in [6.45, 7) is 43.3. The number of ether oxygens (including phenoxy) is 3. The molecular weight excluding hydrogens is 1100 g/mol. The second kappa shape index (κ2) is 28.3. The zero-order valence-corrected chi connectivity index (χ0v) is 55.6. The number of aryl methyl sites for hydroxylation is 2. The number of benzene rings is 1. The number of rotatable bonds is 17. The Hall–Kier alpha value is -4.26. The third-order valence-corrected chi connectivity index (χ3v) is 31.5. The van der Waals surface area contributed by atoms with E-state index in [2.05, 4.69) is 159 Å². The van der Waals surface area contributed by atoms with Crippen LogP contribution in [0.15, 0.2) is 61.2 Å². The number of alkyl halides is 2. The third-order valence-electron chi connectivity index (χ3n) is 17.7. The Bertz CT molecular complexity index is 2860. The molecule has 0 bridgehead atoms. The predicted octanol–water partition coefficient (Wildman–Crippen LogP) is 16.9. The first kappa shape index (κ1) is 66.5. The minimum atomic E-state index is -2.02. The van der Waals surface area contributed by atoms with Crippen LogP contribution in [0.25, 0.3) is 22.1 Å². The van der Waals surface area contributed by atoms with Crippen LogP contribution in [0.4, 0.5) is 9.59 Å². The van der Waals surface area contributed by atoms with Gasteiger partial charge in [-0.05, 0) is 146 Å². The molecule has 0 aliphatic carbocycles. The summed E-state index contributed by atoms with van der Waals surface area (Å²) in [6.07, 6.45) is 9.54. The first-order valence-electron chi connectivity index (χ1n) is 29.0. The molecule has 0 spiro atoms. The van der Waals surface area contributed by atoms with E-state index in [0.717, 1.165) is 82.5 Å². The molecule has 2 fully saturated rings. The number of halogens is 3. The number of pyridine rings is 2. The molecule has 6 heterocycles. The molecule has 0 saturated carbocycles. The van der Waals surface area contributed by atoms with Gasteiger partial charge in [0.15, 0.2) is 39.2 Å². The van der Waals surface area contributed by atoms with Crippen molar-refractivity contribution < 1.29 is 33.4 Å². The van der Waals surface area contributed by atoms with E-state index in [4.69, 9.17) is 54.2 Å². The monoisotopic (exact) mass is 1190 g/mol. The number of hydrogen-bond acceptors (Lipinski definition) is 10. The average Bonchev–Trinajstić information content (AvgIpc) is 3.99. The zero-order chi connectivity index (χ0) is 59.9. The highest BCUT2D eigenvalue weighted by atomic mass is 35.5. The highest BCUT2D eigenvalue weighted by Gasteiger charge is 2.48. The number of methoxy groups -OCH3 is 1. The highest BCUT2D eigenvalue weighted by Crippen LogP contribution is 2.46. The maximum absolute atomic E-state index is 14.3. The Morgan fingerprint density at radius 2 is 1.00 bits per heavy atom. The van der Waals surface area contributed by atoms with E-state index in [0.29, 0.717) is 52.3 Å². The van der Waals surface area contributed by atoms with Crippen molar-refractivity contribution in [3.8, 4) is 5.75 Å². The molecule has 2 unspecified atom stereocenters. The average molecular weight is 1200 g/mol. The van der Waals surface area contributed by atoms with E-state index in [1.807, 2.05) is 31.5 Å². The molecular formula is C62H93Cl3N6O7Si2. The second-order valence-corrected chi connectivity index (χ2v) is 37.5. The van der Waals surface area contributed by atoms with E-state index < -0.39 is 39.1 Å². The lowest BCUT2D eigenvalue weighted by molar-refractivity contribution is 0.0579. The van der Waals surface area contributed by atoms with Crippen molar-refractivity contribution in [1.82, 2.24) is 28.2 Å². The Morgan fingerprint density at radius 1 is 0.600 bits per heavy atom. The van der Waals surface area contributed by atoms with Gasteiger partial charge in [-0.2, -0.15) is 0 Å². The van der Waals surface area contributed by atoms with Crippen molar-refractivity contribution in [1.29, 1.82) is 0 Å². The number of Topliss-reactive ketones (excluding diaryl/α,β-unsaturated/α-hetero) is 2. The lowest BCUT2D eigenvalue weighted by Crippen LogP contribution is -2.51. The molecule has 2 saturated heterocycles. The number of carbonyl (C=O) groups is 4. The molecule has 2 aliphatic rings. The van der Waals surface area contributed by atoms with Crippen molar-refractivity contribution in [3.05, 3.63) is 89.0 Å². The fourth-order valence-corrected chi connectivity index (χ4v) is 27.6. The van der Waals surface area contributed by atoms with Crippen LogP contribution in [0, 0.1) is 37.5 Å². The SMILES string of the molecule is CC(Cl)OC(=O)Cl.COc1ccc(CN2CC[C@H](C)[C@H](C(=O)c3c(C)cnc4c3ccn4[Si](C(C)C)(C(C)C)C(C)C)C2)cc1.Cc1cnc2c(ccn2[Si](C(C)C)(C(C)C)C(C)C)c1C(=O)[C@@H]1CN(C(=O)OC(C)Cl)CC[C@@H]1C. The molecule has 7 rings (SSSR count). The first-order chi connectivity index (χ1) is 37.5. The second-order valence-electron chi connectivity index (χ2n) is 24.5. The van der Waals surface area contributed by atoms with Gasteiger partial charge >= 0.3 is 11.5 Å². The summed E-state index contributed by atoms with van der Waals surface area (Å²) in [5, 5.41) is 1.96. The summed E-state index contributed by atoms with van der Waals surface area (Å²) in [6, 6.07) is 12.6. The lowest BCUT2D eigenvalue weighted by atomic mass is 9.80. The molecule has 13 nitrogen and oxygen atoms in total. The standard InChI is InChI=1S/C32H47N3O2Si.C27H42ClN3O3Si.C3H4Cl2O2/c1-21(2)38(22(3)4,23(5)6)35-17-15-28-30(25(8)18-33-32(28)35)31(36)29-20-34(16-14-24(29)7)19-26-10-12-27(37-9)13-11-26;1-16(2)35(17(3)4,18(5)6)31-13-11-22-24(20(8)14-29-26(22)31)25(32)23-15-30(12-10-19(23)7)27(33)34-21(9)28;1-2(4)7-3(5)6/h10-13,15,17-18,21-24,29H,14,16,19-20H2,1-9H3;11,13-14,16-19,21,23H,10,12,15H2,1-9H3;2H,1H3/t24-,29+;19-,21?,23+;/m00./s1. The van der Waals surface area contributed by atoms with Crippen LogP contribution >= 0.6 is 34.8 Å². The summed E-state index contributed by atoms with van der Waals surface area (Å²) < 4.78 is 19.6. The van der Waals surface area contributed by atoms with Gasteiger partial charge < -0.3 is 27.6 Å². The summed E-state index contributed by atoms with van der Waals surface area (Å²) in [5.41, 5.74) is 7.69. The molecule has 1 aromatic carbocycles. The van der Waals surface area contributed by atoms with Crippen molar-refractivity contribution in [2.75, 3.05) is 33.3 Å². The normalized spacial score (nSPS) is 19.1. The maximum Gasteiger partial charge on any atom is 0.411 e. The maximum atomic E-state index is 14.3. The Morgan fingerprint density at radius 3 is 1.36 bits per heavy atom. The van der Waals surface area contributed by atoms with Crippen LogP contribution in [0.1, 0.15) is 161 Å². The predicted molar refractivity (Wildman–Crippen MR) is 334 cm³/mol. The molecule has 4 aromatic heterocycles. The number of fused-ring (bicyclic) bond motifs is 2. The van der Waals surface area contributed by atoms with Crippen molar-refractivity contribution >= 4 is 96.4 Å². The van der Waals surface area contributed by atoms with Gasteiger partial charge in [0.25, 0.3) is 0 Å². The summed E-state index contributed by atoms with van der Waals surface area (Å²) in [5.74, 6) is 1.45. The minimum absolute atomic E-state index is 0.0167. The molecule has 18 heteroatoms. The van der Waals surface area contributed by atoms with Crippen molar-refractivity contribution in [2.24, 2.45) is 23.7 Å². The molecule has 5 aromatic rings. The molecule has 2 aliphatic heterocycles. The molecule has 6 atom stereocenters. The van der Waals surface area contributed by atoms with E-state index in [1.165, 1.54) is 12.5 Å². The number of nitrogens with zero attached hydrogens (tertiary/aromatic N) is 6. The Labute approximate surface area is 495 Å². The van der Waals surface area contributed by atoms with E-state index >= 15 is 0 Å². The summed E-state index contributed by atoms with van der Waals surface area (Å²) in [7, 11) is -2.31. The first-order valence-corrected chi connectivity index (χ1v) is 34.6. The molecule has 80 heavy (non-hydrogen) atoms. The van der Waals surface area contributed by atoms with Gasteiger partial charge in [-0.3, -0.25) is 14.5 Å². The van der Waals surface area contributed by atoms with Gasteiger partial charge in [0.1, 0.15) is 17.0 Å².